The van der Waals surface area contributed by atoms with Crippen LogP contribution in [-0.4, -0.2) is 25.2 Å². The lowest BCUT2D eigenvalue weighted by atomic mass is 10.1. The molecule has 8 nitrogen and oxygen atoms in total. The van der Waals surface area contributed by atoms with Crippen molar-refractivity contribution < 1.29 is 28.5 Å². The van der Waals surface area contributed by atoms with E-state index in [9.17, 15) is 9.59 Å². The number of nitriles is 2. The summed E-state index contributed by atoms with van der Waals surface area (Å²) >= 11 is 0. The van der Waals surface area contributed by atoms with Gasteiger partial charge in [-0.25, -0.2) is 9.59 Å². The third-order valence-electron chi connectivity index (χ3n) is 4.53. The zero-order valence-electron chi connectivity index (χ0n) is 18.1. The number of hydrogen-bond donors (Lipinski definition) is 0. The second-order valence-electron chi connectivity index (χ2n) is 6.93. The second kappa shape index (κ2) is 12.3. The number of nitrogens with zero attached hydrogens (tertiary/aromatic N) is 2. The highest BCUT2D eigenvalue weighted by Gasteiger charge is 2.09. The summed E-state index contributed by atoms with van der Waals surface area (Å²) in [5.41, 5.74) is 2.17. The fourth-order valence-electron chi connectivity index (χ4n) is 2.79. The molecule has 0 radical (unpaired) electrons. The number of rotatable bonds is 10. The minimum atomic E-state index is -0.566. The first-order chi connectivity index (χ1) is 16.6. The third-order valence-corrected chi connectivity index (χ3v) is 4.53. The summed E-state index contributed by atoms with van der Waals surface area (Å²) in [5.74, 6) is -0.492. The highest BCUT2D eigenvalue weighted by molar-refractivity contribution is 5.71. The van der Waals surface area contributed by atoms with Crippen LogP contribution in [0.5, 0.6) is 11.5 Å². The van der Waals surface area contributed by atoms with Gasteiger partial charge < -0.3 is 18.9 Å². The van der Waals surface area contributed by atoms with Gasteiger partial charge in [0.1, 0.15) is 36.9 Å². The number of para-hydroxylation sites is 2. The molecule has 0 saturated heterocycles. The topological polar surface area (TPSA) is 119 Å². The average Bonchev–Trinajstić information content (AvgIpc) is 2.89. The Kier molecular flexibility index (Phi) is 8.61. The van der Waals surface area contributed by atoms with Crippen LogP contribution in [0, 0.1) is 22.7 Å². The number of esters is 2. The van der Waals surface area contributed by atoms with Gasteiger partial charge in [0.2, 0.25) is 0 Å². The molecule has 0 N–H and O–H groups in total. The van der Waals surface area contributed by atoms with Gasteiger partial charge in [-0.3, -0.25) is 0 Å². The van der Waals surface area contributed by atoms with Gasteiger partial charge in [0.15, 0.2) is 13.2 Å². The summed E-state index contributed by atoms with van der Waals surface area (Å²) in [5, 5.41) is 18.1. The van der Waals surface area contributed by atoms with Crippen molar-refractivity contribution in [2.45, 2.75) is 13.2 Å². The Hall–Kier alpha value is -4.82. The Bertz CT molecular complexity index is 1130. The van der Waals surface area contributed by atoms with Crippen molar-refractivity contribution in [1.82, 2.24) is 0 Å². The van der Waals surface area contributed by atoms with Crippen molar-refractivity contribution >= 4 is 11.9 Å². The predicted octanol–water partition coefficient (Wildman–Crippen LogP) is 3.67. The molecule has 0 aliphatic rings. The number of hydrogen-bond acceptors (Lipinski definition) is 8. The Labute approximate surface area is 196 Å². The summed E-state index contributed by atoms with van der Waals surface area (Å²) < 4.78 is 21.0. The Balaban J connectivity index is 1.38. The molecule has 0 aromatic heterocycles. The molecule has 3 aromatic rings. The maximum atomic E-state index is 11.9. The molecule has 0 spiro atoms. The van der Waals surface area contributed by atoms with Crippen molar-refractivity contribution in [1.29, 1.82) is 10.5 Å². The molecule has 0 unspecified atom stereocenters. The first-order valence-electron chi connectivity index (χ1n) is 10.2. The van der Waals surface area contributed by atoms with E-state index in [1.165, 1.54) is 0 Å². The zero-order valence-corrected chi connectivity index (χ0v) is 18.1. The third kappa shape index (κ3) is 7.11. The van der Waals surface area contributed by atoms with E-state index in [0.717, 1.165) is 11.1 Å². The first-order valence-corrected chi connectivity index (χ1v) is 10.2. The quantitative estimate of drug-likeness (QED) is 0.424. The van der Waals surface area contributed by atoms with Gasteiger partial charge in [-0.05, 0) is 35.4 Å². The van der Waals surface area contributed by atoms with E-state index in [2.05, 4.69) is 0 Å². The van der Waals surface area contributed by atoms with Crippen molar-refractivity contribution in [2.75, 3.05) is 13.2 Å². The van der Waals surface area contributed by atoms with E-state index in [0.29, 0.717) is 22.6 Å². The minimum absolute atomic E-state index is 0.0499. The molecule has 0 atom stereocenters. The molecule has 0 aliphatic heterocycles. The van der Waals surface area contributed by atoms with Crippen LogP contribution in [0.4, 0.5) is 0 Å². The lowest BCUT2D eigenvalue weighted by molar-refractivity contribution is -0.148. The zero-order chi connectivity index (χ0) is 24.2. The van der Waals surface area contributed by atoms with E-state index in [4.69, 9.17) is 29.5 Å². The van der Waals surface area contributed by atoms with E-state index in [-0.39, 0.29) is 26.4 Å². The van der Waals surface area contributed by atoms with Crippen LogP contribution in [0.1, 0.15) is 22.3 Å². The molecule has 0 bridgehead atoms. The van der Waals surface area contributed by atoms with Crippen molar-refractivity contribution in [3.63, 3.8) is 0 Å². The lowest BCUT2D eigenvalue weighted by Gasteiger charge is -2.09. The molecule has 34 heavy (non-hydrogen) atoms. The van der Waals surface area contributed by atoms with Crippen LogP contribution in [0.3, 0.4) is 0 Å². The molecular weight excluding hydrogens is 436 g/mol. The molecule has 0 heterocycles. The molecule has 170 valence electrons. The maximum absolute atomic E-state index is 11.9. The standard InChI is InChI=1S/C26H20N2O6/c27-13-21-5-1-3-7-23(21)31-17-25(29)33-15-19-9-11-20(12-10-19)16-34-26(30)18-32-24-8-4-2-6-22(24)14-28/h1-12H,15-18H2. The summed E-state index contributed by atoms with van der Waals surface area (Å²) in [7, 11) is 0. The average molecular weight is 456 g/mol. The van der Waals surface area contributed by atoms with Gasteiger partial charge in [-0.2, -0.15) is 10.5 Å². The van der Waals surface area contributed by atoms with Crippen LogP contribution >= 0.6 is 0 Å². The highest BCUT2D eigenvalue weighted by Crippen LogP contribution is 2.17. The number of ether oxygens (including phenoxy) is 4. The van der Waals surface area contributed by atoms with Gasteiger partial charge in [-0.1, -0.05) is 48.5 Å². The Morgan fingerprint density at radius 2 is 1.00 bits per heavy atom. The van der Waals surface area contributed by atoms with E-state index in [1.54, 1.807) is 72.8 Å². The number of carbonyl (C=O) groups is 2. The van der Waals surface area contributed by atoms with Crippen LogP contribution in [-0.2, 0) is 32.3 Å². The van der Waals surface area contributed by atoms with Crippen LogP contribution in [0.2, 0.25) is 0 Å². The van der Waals surface area contributed by atoms with E-state index >= 15 is 0 Å². The second-order valence-corrected chi connectivity index (χ2v) is 6.93. The van der Waals surface area contributed by atoms with Gasteiger partial charge in [-0.15, -0.1) is 0 Å². The molecule has 3 rings (SSSR count). The van der Waals surface area contributed by atoms with Crippen LogP contribution in [0.25, 0.3) is 0 Å². The van der Waals surface area contributed by atoms with Crippen LogP contribution < -0.4 is 9.47 Å². The fraction of sp³-hybridized carbons (Fsp3) is 0.154. The van der Waals surface area contributed by atoms with Gasteiger partial charge in [0.05, 0.1) is 11.1 Å². The molecule has 0 aliphatic carbocycles. The van der Waals surface area contributed by atoms with E-state index in [1.807, 2.05) is 12.1 Å². The summed E-state index contributed by atoms with van der Waals surface area (Å²) in [6, 6.07) is 24.2. The SMILES string of the molecule is N#Cc1ccccc1OCC(=O)OCc1ccc(COC(=O)COc2ccccc2C#N)cc1. The lowest BCUT2D eigenvalue weighted by Crippen LogP contribution is -2.15. The summed E-state index contributed by atoms with van der Waals surface area (Å²) in [6.45, 7) is -0.524. The molecule has 0 amide bonds. The van der Waals surface area contributed by atoms with Crippen LogP contribution in [0.15, 0.2) is 72.8 Å². The smallest absolute Gasteiger partial charge is 0.344 e. The first kappa shape index (κ1) is 23.8. The molecule has 0 saturated carbocycles. The Morgan fingerprint density at radius 1 is 0.618 bits per heavy atom. The maximum Gasteiger partial charge on any atom is 0.344 e. The van der Waals surface area contributed by atoms with Gasteiger partial charge in [0.25, 0.3) is 0 Å². The minimum Gasteiger partial charge on any atom is -0.481 e. The molecule has 3 aromatic carbocycles. The monoisotopic (exact) mass is 456 g/mol. The number of benzene rings is 3. The fourth-order valence-corrected chi connectivity index (χ4v) is 2.79. The normalized spacial score (nSPS) is 9.82. The molecular formula is C26H20N2O6. The molecule has 0 fully saturated rings. The van der Waals surface area contributed by atoms with Crippen molar-refractivity contribution in [3.05, 3.63) is 95.1 Å². The largest absolute Gasteiger partial charge is 0.481 e. The van der Waals surface area contributed by atoms with Crippen molar-refractivity contribution in [2.24, 2.45) is 0 Å². The van der Waals surface area contributed by atoms with Gasteiger partial charge >= 0.3 is 11.9 Å². The van der Waals surface area contributed by atoms with Gasteiger partial charge in [0, 0.05) is 0 Å². The van der Waals surface area contributed by atoms with E-state index < -0.39 is 11.9 Å². The highest BCUT2D eigenvalue weighted by atomic mass is 16.6. The summed E-state index contributed by atoms with van der Waals surface area (Å²) in [6.07, 6.45) is 0. The predicted molar refractivity (Wildman–Crippen MR) is 119 cm³/mol. The summed E-state index contributed by atoms with van der Waals surface area (Å²) in [4.78, 5) is 23.8. The number of carbonyl (C=O) groups excluding carboxylic acids is 2. The molecule has 8 heteroatoms. The Morgan fingerprint density at radius 3 is 1.38 bits per heavy atom. The van der Waals surface area contributed by atoms with Crippen molar-refractivity contribution in [3.8, 4) is 23.6 Å².